The van der Waals surface area contributed by atoms with Crippen LogP contribution in [-0.4, -0.2) is 13.7 Å². The highest BCUT2D eigenvalue weighted by Crippen LogP contribution is 2.30. The zero-order chi connectivity index (χ0) is 11.4. The molecule has 0 amide bonds. The average molecular weight is 241 g/mol. The highest BCUT2D eigenvalue weighted by Gasteiger charge is 2.18. The van der Waals surface area contributed by atoms with Crippen molar-refractivity contribution in [2.75, 3.05) is 13.7 Å². The molecule has 1 aromatic rings. The largest absolute Gasteiger partial charge is 0.497 e. The number of methoxy groups -OCH3 is 1. The molecule has 0 N–H and O–H groups in total. The molecule has 2 rings (SSSR count). The van der Waals surface area contributed by atoms with Crippen LogP contribution in [0, 0.1) is 5.92 Å². The predicted octanol–water partition coefficient (Wildman–Crippen LogP) is 3.61. The van der Waals surface area contributed by atoms with Gasteiger partial charge in [-0.2, -0.15) is 0 Å². The Morgan fingerprint density at radius 2 is 2.19 bits per heavy atom. The number of halogens is 1. The van der Waals surface area contributed by atoms with Crippen LogP contribution in [0.15, 0.2) is 18.2 Å². The number of ether oxygens (including phenoxy) is 2. The van der Waals surface area contributed by atoms with Crippen molar-refractivity contribution in [3.8, 4) is 11.5 Å². The molecule has 2 nitrogen and oxygen atoms in total. The second-order valence-electron chi connectivity index (χ2n) is 4.22. The number of hydrogen-bond acceptors (Lipinski definition) is 2. The van der Waals surface area contributed by atoms with Crippen molar-refractivity contribution >= 4 is 11.6 Å². The predicted molar refractivity (Wildman–Crippen MR) is 65.4 cm³/mol. The first-order valence-corrected chi connectivity index (χ1v) is 6.22. The molecule has 1 fully saturated rings. The smallest absolute Gasteiger partial charge is 0.127 e. The van der Waals surface area contributed by atoms with Crippen molar-refractivity contribution in [1.82, 2.24) is 0 Å². The summed E-state index contributed by atoms with van der Waals surface area (Å²) in [6.45, 7) is 0.803. The van der Waals surface area contributed by atoms with Crippen molar-refractivity contribution in [3.63, 3.8) is 0 Å². The second kappa shape index (κ2) is 5.44. The maximum absolute atomic E-state index is 5.87. The zero-order valence-corrected chi connectivity index (χ0v) is 10.3. The van der Waals surface area contributed by atoms with Crippen LogP contribution in [0.2, 0.25) is 0 Å². The van der Waals surface area contributed by atoms with Crippen LogP contribution in [0.4, 0.5) is 0 Å². The lowest BCUT2D eigenvalue weighted by Gasteiger charge is -2.25. The number of rotatable bonds is 5. The third kappa shape index (κ3) is 2.62. The molecule has 0 atom stereocenters. The zero-order valence-electron chi connectivity index (χ0n) is 9.54. The third-order valence-corrected chi connectivity index (χ3v) is 3.41. The lowest BCUT2D eigenvalue weighted by atomic mass is 9.86. The molecule has 3 heteroatoms. The van der Waals surface area contributed by atoms with Crippen LogP contribution in [0.1, 0.15) is 24.8 Å². The van der Waals surface area contributed by atoms with E-state index < -0.39 is 0 Å². The van der Waals surface area contributed by atoms with E-state index in [2.05, 4.69) is 0 Å². The van der Waals surface area contributed by atoms with Crippen LogP contribution in [-0.2, 0) is 5.88 Å². The molecule has 0 heterocycles. The molecule has 1 saturated carbocycles. The van der Waals surface area contributed by atoms with E-state index in [1.165, 1.54) is 19.3 Å². The summed E-state index contributed by atoms with van der Waals surface area (Å²) in [6, 6.07) is 5.78. The minimum atomic E-state index is 0.476. The molecule has 1 aromatic carbocycles. The van der Waals surface area contributed by atoms with Gasteiger partial charge in [0.2, 0.25) is 0 Å². The van der Waals surface area contributed by atoms with Crippen molar-refractivity contribution < 1.29 is 9.47 Å². The van der Waals surface area contributed by atoms with E-state index in [0.717, 1.165) is 29.6 Å². The monoisotopic (exact) mass is 240 g/mol. The summed E-state index contributed by atoms with van der Waals surface area (Å²) in [5, 5.41) is 0. The lowest BCUT2D eigenvalue weighted by molar-refractivity contribution is 0.179. The molecule has 0 radical (unpaired) electrons. The second-order valence-corrected chi connectivity index (χ2v) is 4.48. The van der Waals surface area contributed by atoms with Crippen LogP contribution < -0.4 is 9.47 Å². The highest BCUT2D eigenvalue weighted by atomic mass is 35.5. The molecule has 0 unspecified atom stereocenters. The maximum Gasteiger partial charge on any atom is 0.127 e. The molecular formula is C13H17ClO2. The molecule has 0 spiro atoms. The van der Waals surface area contributed by atoms with E-state index >= 15 is 0 Å². The summed E-state index contributed by atoms with van der Waals surface area (Å²) in [4.78, 5) is 0. The van der Waals surface area contributed by atoms with Crippen molar-refractivity contribution in [1.29, 1.82) is 0 Å². The van der Waals surface area contributed by atoms with Crippen molar-refractivity contribution in [2.45, 2.75) is 25.1 Å². The van der Waals surface area contributed by atoms with E-state index in [-0.39, 0.29) is 0 Å². The van der Waals surface area contributed by atoms with Crippen LogP contribution in [0.5, 0.6) is 11.5 Å². The summed E-state index contributed by atoms with van der Waals surface area (Å²) in [5.74, 6) is 2.89. The molecule has 1 aliphatic rings. The van der Waals surface area contributed by atoms with E-state index in [4.69, 9.17) is 21.1 Å². The Bertz CT molecular complexity index is 348. The molecule has 0 saturated heterocycles. The SMILES string of the molecule is COc1ccc(CCl)c(OCC2CCC2)c1. The molecule has 1 aliphatic carbocycles. The van der Waals surface area contributed by atoms with Crippen molar-refractivity contribution in [2.24, 2.45) is 5.92 Å². The van der Waals surface area contributed by atoms with E-state index in [9.17, 15) is 0 Å². The van der Waals surface area contributed by atoms with Gasteiger partial charge < -0.3 is 9.47 Å². The van der Waals surface area contributed by atoms with Gasteiger partial charge in [0.1, 0.15) is 11.5 Å². The Morgan fingerprint density at radius 3 is 2.75 bits per heavy atom. The summed E-state index contributed by atoms with van der Waals surface area (Å²) in [7, 11) is 1.66. The van der Waals surface area contributed by atoms with Gasteiger partial charge in [-0.3, -0.25) is 0 Å². The quantitative estimate of drug-likeness (QED) is 0.732. The first kappa shape index (κ1) is 11.6. The topological polar surface area (TPSA) is 18.5 Å². The minimum absolute atomic E-state index is 0.476. The summed E-state index contributed by atoms with van der Waals surface area (Å²) in [6.07, 6.45) is 3.93. The van der Waals surface area contributed by atoms with Gasteiger partial charge in [0, 0.05) is 11.6 Å². The van der Waals surface area contributed by atoms with Crippen molar-refractivity contribution in [3.05, 3.63) is 23.8 Å². The van der Waals surface area contributed by atoms with E-state index in [1.807, 2.05) is 18.2 Å². The fourth-order valence-corrected chi connectivity index (χ4v) is 1.99. The van der Waals surface area contributed by atoms with Gasteiger partial charge in [0.25, 0.3) is 0 Å². The first-order valence-electron chi connectivity index (χ1n) is 5.69. The molecule has 16 heavy (non-hydrogen) atoms. The molecule has 0 aliphatic heterocycles. The highest BCUT2D eigenvalue weighted by molar-refractivity contribution is 6.17. The third-order valence-electron chi connectivity index (χ3n) is 3.12. The lowest BCUT2D eigenvalue weighted by Crippen LogP contribution is -2.19. The number of alkyl halides is 1. The Balaban J connectivity index is 2.03. The standard InChI is InChI=1S/C13H17ClO2/c1-15-12-6-5-11(8-14)13(7-12)16-9-10-3-2-4-10/h5-7,10H,2-4,8-9H2,1H3. The Hall–Kier alpha value is -0.890. The minimum Gasteiger partial charge on any atom is -0.497 e. The molecule has 0 bridgehead atoms. The molecule has 0 aromatic heterocycles. The first-order chi connectivity index (χ1) is 7.83. The Labute approximate surface area is 102 Å². The Kier molecular flexibility index (Phi) is 3.94. The van der Waals surface area contributed by atoms with Crippen LogP contribution in [0.3, 0.4) is 0 Å². The van der Waals surface area contributed by atoms with Crippen LogP contribution >= 0.6 is 11.6 Å². The van der Waals surface area contributed by atoms with Gasteiger partial charge in [0.15, 0.2) is 0 Å². The molecule has 88 valence electrons. The van der Waals surface area contributed by atoms with Crippen LogP contribution in [0.25, 0.3) is 0 Å². The normalized spacial score (nSPS) is 15.6. The van der Waals surface area contributed by atoms with Gasteiger partial charge >= 0.3 is 0 Å². The van der Waals surface area contributed by atoms with Gasteiger partial charge in [-0.1, -0.05) is 12.5 Å². The maximum atomic E-state index is 5.87. The summed E-state index contributed by atoms with van der Waals surface area (Å²) < 4.78 is 11.0. The average Bonchev–Trinajstić information content (AvgIpc) is 2.26. The molecular weight excluding hydrogens is 224 g/mol. The summed E-state index contributed by atoms with van der Waals surface area (Å²) >= 11 is 5.87. The fraction of sp³-hybridized carbons (Fsp3) is 0.538. The van der Waals surface area contributed by atoms with Gasteiger partial charge in [-0.25, -0.2) is 0 Å². The van der Waals surface area contributed by atoms with Gasteiger partial charge in [0.05, 0.1) is 19.6 Å². The van der Waals surface area contributed by atoms with Gasteiger partial charge in [-0.15, -0.1) is 11.6 Å². The van der Waals surface area contributed by atoms with E-state index in [0.29, 0.717) is 5.88 Å². The fourth-order valence-electron chi connectivity index (χ4n) is 1.77. The van der Waals surface area contributed by atoms with Gasteiger partial charge in [-0.05, 0) is 24.8 Å². The van der Waals surface area contributed by atoms with E-state index in [1.54, 1.807) is 7.11 Å². The Morgan fingerprint density at radius 1 is 1.38 bits per heavy atom. The number of hydrogen-bond donors (Lipinski definition) is 0. The summed E-state index contributed by atoms with van der Waals surface area (Å²) in [5.41, 5.74) is 1.03. The number of benzene rings is 1.